The summed E-state index contributed by atoms with van der Waals surface area (Å²) in [7, 11) is 1.49. The van der Waals surface area contributed by atoms with Crippen molar-refractivity contribution in [3.63, 3.8) is 0 Å². The Hall–Kier alpha value is -2.16. The van der Waals surface area contributed by atoms with E-state index in [1.165, 1.54) is 24.1 Å². The average Bonchev–Trinajstić information content (AvgIpc) is 2.88. The third kappa shape index (κ3) is 3.00. The lowest BCUT2D eigenvalue weighted by molar-refractivity contribution is -0.126. The van der Waals surface area contributed by atoms with Gasteiger partial charge in [-0.05, 0) is 18.9 Å². The zero-order valence-corrected chi connectivity index (χ0v) is 13.4. The normalized spacial score (nSPS) is 19.5. The van der Waals surface area contributed by atoms with E-state index in [4.69, 9.17) is 0 Å². The van der Waals surface area contributed by atoms with Crippen LogP contribution in [0.25, 0.3) is 0 Å². The average molecular weight is 336 g/mol. The third-order valence-corrected chi connectivity index (χ3v) is 4.92. The molecule has 0 spiro atoms. The number of nitrogens with zero attached hydrogens (tertiary/aromatic N) is 4. The largest absolute Gasteiger partial charge is 0.337 e. The van der Waals surface area contributed by atoms with Gasteiger partial charge in [-0.25, -0.2) is 4.68 Å². The van der Waals surface area contributed by atoms with Crippen molar-refractivity contribution in [2.45, 2.75) is 18.9 Å². The van der Waals surface area contributed by atoms with Crippen molar-refractivity contribution in [1.29, 1.82) is 0 Å². The number of aryl methyl sites for hydroxylation is 1. The van der Waals surface area contributed by atoms with Gasteiger partial charge >= 0.3 is 0 Å². The third-order valence-electron chi connectivity index (χ3n) is 4.08. The first-order valence-corrected chi connectivity index (χ1v) is 8.28. The number of thioether (sulfide) groups is 1. The lowest BCUT2D eigenvalue weighted by atomic mass is 10.0. The van der Waals surface area contributed by atoms with Gasteiger partial charge in [-0.2, -0.15) is 5.10 Å². The van der Waals surface area contributed by atoms with Gasteiger partial charge in [-0.3, -0.25) is 24.1 Å². The predicted octanol–water partition coefficient (Wildman–Crippen LogP) is 0.0803. The number of hydrogen-bond donors (Lipinski definition) is 0. The molecule has 2 fully saturated rings. The Morgan fingerprint density at radius 1 is 1.22 bits per heavy atom. The van der Waals surface area contributed by atoms with Crippen LogP contribution in [-0.4, -0.2) is 61.5 Å². The summed E-state index contributed by atoms with van der Waals surface area (Å²) in [6, 6.07) is 2.59. The first-order valence-electron chi connectivity index (χ1n) is 7.30. The molecule has 0 saturated carbocycles. The summed E-state index contributed by atoms with van der Waals surface area (Å²) in [5, 5.41) is 3.76. The van der Waals surface area contributed by atoms with E-state index in [1.807, 2.05) is 0 Å². The van der Waals surface area contributed by atoms with Gasteiger partial charge in [0.2, 0.25) is 5.91 Å². The second-order valence-electron chi connectivity index (χ2n) is 5.52. The predicted molar refractivity (Wildman–Crippen MR) is 83.1 cm³/mol. The van der Waals surface area contributed by atoms with Crippen LogP contribution in [0.1, 0.15) is 23.3 Å². The van der Waals surface area contributed by atoms with E-state index in [0.717, 1.165) is 16.4 Å². The minimum absolute atomic E-state index is 0.137. The van der Waals surface area contributed by atoms with Crippen LogP contribution >= 0.6 is 11.8 Å². The second-order valence-corrected chi connectivity index (χ2v) is 6.45. The van der Waals surface area contributed by atoms with Crippen LogP contribution in [0.3, 0.4) is 0 Å². The zero-order valence-electron chi connectivity index (χ0n) is 12.6. The molecular weight excluding hydrogens is 320 g/mol. The van der Waals surface area contributed by atoms with Crippen LogP contribution in [0.15, 0.2) is 16.9 Å². The molecule has 1 aromatic rings. The van der Waals surface area contributed by atoms with Crippen molar-refractivity contribution in [3.05, 3.63) is 28.2 Å². The molecule has 23 heavy (non-hydrogen) atoms. The Bertz CT molecular complexity index is 708. The van der Waals surface area contributed by atoms with Crippen LogP contribution < -0.4 is 5.56 Å². The molecule has 2 saturated heterocycles. The van der Waals surface area contributed by atoms with Gasteiger partial charge < -0.3 is 4.90 Å². The van der Waals surface area contributed by atoms with Crippen LogP contribution in [0.4, 0.5) is 4.79 Å². The Balaban J connectivity index is 1.65. The van der Waals surface area contributed by atoms with Gasteiger partial charge in [-0.15, -0.1) is 0 Å². The Morgan fingerprint density at radius 3 is 2.48 bits per heavy atom. The van der Waals surface area contributed by atoms with Crippen LogP contribution in [0.2, 0.25) is 0 Å². The number of hydrogen-bond acceptors (Lipinski definition) is 6. The first-order chi connectivity index (χ1) is 11.0. The SMILES string of the molecule is Cn1nc(C(=O)N2CCC(N3C(=O)CSC3=O)CC2)ccc1=O. The first kappa shape index (κ1) is 15.7. The van der Waals surface area contributed by atoms with Gasteiger partial charge in [-0.1, -0.05) is 11.8 Å². The number of amides is 3. The summed E-state index contributed by atoms with van der Waals surface area (Å²) in [5.74, 6) is -0.183. The second kappa shape index (κ2) is 6.15. The Morgan fingerprint density at radius 2 is 1.91 bits per heavy atom. The van der Waals surface area contributed by atoms with Gasteiger partial charge in [0.15, 0.2) is 0 Å². The van der Waals surface area contributed by atoms with Crippen LogP contribution in [-0.2, 0) is 11.8 Å². The highest BCUT2D eigenvalue weighted by atomic mass is 32.2. The topological polar surface area (TPSA) is 92.6 Å². The smallest absolute Gasteiger partial charge is 0.289 e. The summed E-state index contributed by atoms with van der Waals surface area (Å²) >= 11 is 1.03. The van der Waals surface area contributed by atoms with E-state index in [1.54, 1.807) is 4.90 Å². The van der Waals surface area contributed by atoms with Crippen LogP contribution in [0.5, 0.6) is 0 Å². The van der Waals surface area contributed by atoms with Gasteiger partial charge in [0.05, 0.1) is 5.75 Å². The zero-order chi connectivity index (χ0) is 16.6. The molecule has 9 heteroatoms. The lowest BCUT2D eigenvalue weighted by Gasteiger charge is -2.35. The summed E-state index contributed by atoms with van der Waals surface area (Å²) in [6.07, 6.45) is 1.13. The molecule has 1 aromatic heterocycles. The molecule has 122 valence electrons. The summed E-state index contributed by atoms with van der Waals surface area (Å²) in [6.45, 7) is 0.908. The maximum Gasteiger partial charge on any atom is 0.289 e. The summed E-state index contributed by atoms with van der Waals surface area (Å²) < 4.78 is 1.12. The fourth-order valence-corrected chi connectivity index (χ4v) is 3.60. The molecule has 3 amide bonds. The molecule has 3 rings (SSSR count). The number of piperidine rings is 1. The fourth-order valence-electron chi connectivity index (χ4n) is 2.82. The van der Waals surface area contributed by atoms with Crippen molar-refractivity contribution in [3.8, 4) is 0 Å². The quantitative estimate of drug-likeness (QED) is 0.759. The molecule has 0 unspecified atom stereocenters. The fraction of sp³-hybridized carbons (Fsp3) is 0.500. The molecule has 0 radical (unpaired) electrons. The number of rotatable bonds is 2. The molecule has 0 aliphatic carbocycles. The summed E-state index contributed by atoms with van der Waals surface area (Å²) in [4.78, 5) is 50.2. The minimum Gasteiger partial charge on any atom is -0.337 e. The van der Waals surface area contributed by atoms with Gasteiger partial charge in [0.1, 0.15) is 5.69 Å². The van der Waals surface area contributed by atoms with Crippen LogP contribution in [0, 0.1) is 0 Å². The molecular formula is C14H16N4O4S. The maximum atomic E-state index is 12.4. The number of likely N-dealkylation sites (tertiary alicyclic amines) is 1. The van der Waals surface area contributed by atoms with Crippen molar-refractivity contribution >= 4 is 28.8 Å². The van der Waals surface area contributed by atoms with Crippen molar-refractivity contribution < 1.29 is 14.4 Å². The number of carbonyl (C=O) groups is 3. The molecule has 0 bridgehead atoms. The van der Waals surface area contributed by atoms with Crippen molar-refractivity contribution in [2.24, 2.45) is 7.05 Å². The van der Waals surface area contributed by atoms with Gasteiger partial charge in [0.25, 0.3) is 16.7 Å². The van der Waals surface area contributed by atoms with E-state index >= 15 is 0 Å². The summed E-state index contributed by atoms with van der Waals surface area (Å²) in [5.41, 5.74) is -0.0572. The molecule has 0 aromatic carbocycles. The minimum atomic E-state index is -0.274. The highest BCUT2D eigenvalue weighted by Gasteiger charge is 2.38. The molecule has 0 N–H and O–H groups in total. The highest BCUT2D eigenvalue weighted by Crippen LogP contribution is 2.26. The Kier molecular flexibility index (Phi) is 4.20. The lowest BCUT2D eigenvalue weighted by Crippen LogP contribution is -2.48. The van der Waals surface area contributed by atoms with Gasteiger partial charge in [0, 0.05) is 32.2 Å². The van der Waals surface area contributed by atoms with E-state index < -0.39 is 0 Å². The van der Waals surface area contributed by atoms with Crippen molar-refractivity contribution in [1.82, 2.24) is 19.6 Å². The van der Waals surface area contributed by atoms with E-state index in [0.29, 0.717) is 25.9 Å². The Labute approximate surface area is 136 Å². The van der Waals surface area contributed by atoms with E-state index in [9.17, 15) is 19.2 Å². The molecule has 2 aliphatic rings. The van der Waals surface area contributed by atoms with E-state index in [2.05, 4.69) is 5.10 Å². The standard InChI is InChI=1S/C14H16N4O4S/c1-16-11(19)3-2-10(15-16)13(21)17-6-4-9(5-7-17)18-12(20)8-23-14(18)22/h2-3,9H,4-8H2,1H3. The maximum absolute atomic E-state index is 12.4. The highest BCUT2D eigenvalue weighted by molar-refractivity contribution is 8.14. The number of carbonyl (C=O) groups excluding carboxylic acids is 3. The molecule has 8 nitrogen and oxygen atoms in total. The monoisotopic (exact) mass is 336 g/mol. The van der Waals surface area contributed by atoms with E-state index in [-0.39, 0.29) is 40.1 Å². The molecule has 0 atom stereocenters. The number of aromatic nitrogens is 2. The number of imide groups is 1. The molecule has 3 heterocycles. The molecule has 2 aliphatic heterocycles. The van der Waals surface area contributed by atoms with Crippen molar-refractivity contribution in [2.75, 3.05) is 18.8 Å².